The fourth-order valence-electron chi connectivity index (χ4n) is 4.12. The number of anilines is 2. The van der Waals surface area contributed by atoms with E-state index in [2.05, 4.69) is 48.4 Å². The average Bonchev–Trinajstić information content (AvgIpc) is 2.90. The number of ether oxygens (including phenoxy) is 1. The van der Waals surface area contributed by atoms with Crippen LogP contribution in [0.1, 0.15) is 46.0 Å². The van der Waals surface area contributed by atoms with Crippen molar-refractivity contribution in [2.24, 2.45) is 0 Å². The van der Waals surface area contributed by atoms with Crippen LogP contribution in [-0.4, -0.2) is 63.1 Å². The van der Waals surface area contributed by atoms with Crippen molar-refractivity contribution in [3.8, 4) is 0 Å². The molecule has 1 amide bonds. The number of nitrogens with zero attached hydrogens (tertiary/aromatic N) is 1. The molecule has 0 aromatic heterocycles. The predicted octanol–water partition coefficient (Wildman–Crippen LogP) is 6.43. The van der Waals surface area contributed by atoms with E-state index in [1.165, 1.54) is 24.1 Å². The maximum absolute atomic E-state index is 13.3. The van der Waals surface area contributed by atoms with Crippen LogP contribution in [0.5, 0.6) is 0 Å². The number of thioether (sulfide) groups is 1. The van der Waals surface area contributed by atoms with Crippen LogP contribution in [0.15, 0.2) is 52.3 Å². The molecule has 10 heteroatoms. The Morgan fingerprint density at radius 3 is 2.26 bits per heavy atom. The second-order valence-electron chi connectivity index (χ2n) is 9.44. The first-order valence-corrected chi connectivity index (χ1v) is 14.8. The minimum Gasteiger partial charge on any atom is -0.380 e. The third-order valence-corrected chi connectivity index (χ3v) is 8.08. The lowest BCUT2D eigenvalue weighted by Crippen LogP contribution is -2.46. The molecular weight excluding hydrogens is 523 g/mol. The van der Waals surface area contributed by atoms with Gasteiger partial charge in [0.1, 0.15) is 11.4 Å². The third-order valence-electron chi connectivity index (χ3n) is 6.13. The summed E-state index contributed by atoms with van der Waals surface area (Å²) in [5, 5.41) is 3.65. The Morgan fingerprint density at radius 2 is 1.68 bits per heavy atom. The Bertz CT molecular complexity index is 973. The van der Waals surface area contributed by atoms with E-state index in [-0.39, 0.29) is 17.8 Å². The monoisotopic (exact) mass is 566 g/mol. The van der Waals surface area contributed by atoms with E-state index in [1.54, 1.807) is 38.1 Å². The number of nitrogens with one attached hydrogen (secondary N) is 3. The highest BCUT2D eigenvalue weighted by atomic mass is 32.2. The van der Waals surface area contributed by atoms with E-state index in [9.17, 15) is 9.18 Å². The second-order valence-corrected chi connectivity index (χ2v) is 11.4. The van der Waals surface area contributed by atoms with Gasteiger partial charge < -0.3 is 15.0 Å². The highest BCUT2D eigenvalue weighted by molar-refractivity contribution is 7.99. The third kappa shape index (κ3) is 10.3. The number of benzene rings is 2. The van der Waals surface area contributed by atoms with Gasteiger partial charge in [0.05, 0.1) is 18.5 Å². The summed E-state index contributed by atoms with van der Waals surface area (Å²) in [6, 6.07) is 12.7. The standard InChI is InChI=1S/C28H43FN4O3S2/c1-7-16-28(35-5,17-8-2)27(34)32-38-24-13-14-25(26(19-24)31-36-6)30-22(15-18-33(3)4)20-37-23-11-9-21(29)10-12-23/h9-14,19,22,30-31H,7-8,15-18,20H2,1-6H3,(H,32,34). The topological polar surface area (TPSA) is 74.9 Å². The molecule has 2 aromatic rings. The lowest BCUT2D eigenvalue weighted by Gasteiger charge is -2.30. The second kappa shape index (κ2) is 16.9. The van der Waals surface area contributed by atoms with Crippen LogP contribution in [0, 0.1) is 5.82 Å². The number of hydrogen-bond donors (Lipinski definition) is 3. The molecule has 0 heterocycles. The van der Waals surface area contributed by atoms with Gasteiger partial charge in [-0.1, -0.05) is 26.7 Å². The maximum atomic E-state index is 13.3. The lowest BCUT2D eigenvalue weighted by atomic mass is 9.92. The fraction of sp³-hybridized carbons (Fsp3) is 0.536. The number of halogens is 1. The zero-order chi connectivity index (χ0) is 28.0. The summed E-state index contributed by atoms with van der Waals surface area (Å²) >= 11 is 2.96. The largest absolute Gasteiger partial charge is 0.380 e. The Balaban J connectivity index is 2.14. The molecule has 7 nitrogen and oxygen atoms in total. The number of hydrogen-bond acceptors (Lipinski definition) is 8. The summed E-state index contributed by atoms with van der Waals surface area (Å²) in [5.41, 5.74) is 3.82. The normalized spacial score (nSPS) is 12.4. The van der Waals surface area contributed by atoms with E-state index in [0.717, 1.165) is 52.7 Å². The van der Waals surface area contributed by atoms with Crippen molar-refractivity contribution >= 4 is 41.0 Å². The molecule has 38 heavy (non-hydrogen) atoms. The van der Waals surface area contributed by atoms with Gasteiger partial charge in [0.2, 0.25) is 0 Å². The molecule has 0 aliphatic heterocycles. The predicted molar refractivity (Wildman–Crippen MR) is 158 cm³/mol. The van der Waals surface area contributed by atoms with Gasteiger partial charge in [0.15, 0.2) is 0 Å². The van der Waals surface area contributed by atoms with Crippen LogP contribution in [-0.2, 0) is 14.4 Å². The van der Waals surface area contributed by atoms with E-state index in [1.807, 2.05) is 18.2 Å². The highest BCUT2D eigenvalue weighted by Crippen LogP contribution is 2.31. The van der Waals surface area contributed by atoms with E-state index < -0.39 is 5.60 Å². The van der Waals surface area contributed by atoms with Crippen molar-refractivity contribution in [2.75, 3.05) is 51.4 Å². The van der Waals surface area contributed by atoms with E-state index >= 15 is 0 Å². The van der Waals surface area contributed by atoms with Crippen molar-refractivity contribution < 1.29 is 18.8 Å². The Morgan fingerprint density at radius 1 is 1.03 bits per heavy atom. The summed E-state index contributed by atoms with van der Waals surface area (Å²) in [6.07, 6.45) is 4.00. The van der Waals surface area contributed by atoms with Crippen molar-refractivity contribution in [1.82, 2.24) is 9.62 Å². The van der Waals surface area contributed by atoms with Crippen LogP contribution in [0.2, 0.25) is 0 Å². The van der Waals surface area contributed by atoms with E-state index in [0.29, 0.717) is 12.8 Å². The zero-order valence-corrected chi connectivity index (χ0v) is 25.1. The lowest BCUT2D eigenvalue weighted by molar-refractivity contribution is -0.143. The highest BCUT2D eigenvalue weighted by Gasteiger charge is 2.36. The molecule has 0 bridgehead atoms. The fourth-order valence-corrected chi connectivity index (χ4v) is 5.80. The van der Waals surface area contributed by atoms with Crippen molar-refractivity contribution in [1.29, 1.82) is 0 Å². The minimum atomic E-state index is -0.812. The van der Waals surface area contributed by atoms with Crippen molar-refractivity contribution in [3.05, 3.63) is 48.3 Å². The zero-order valence-electron chi connectivity index (χ0n) is 23.4. The molecule has 1 atom stereocenters. The Hall–Kier alpha value is -1.98. The first kappa shape index (κ1) is 32.2. The van der Waals surface area contributed by atoms with Gasteiger partial charge in [-0.15, -0.1) is 11.8 Å². The quantitative estimate of drug-likeness (QED) is 0.108. The maximum Gasteiger partial charge on any atom is 0.262 e. The number of carbonyl (C=O) groups is 1. The SMILES string of the molecule is CCCC(CCC)(OC)C(=O)NSc1ccc(NC(CCN(C)C)CSc2ccc(F)cc2)c(NOC)c1. The van der Waals surface area contributed by atoms with Crippen LogP contribution < -0.4 is 15.5 Å². The summed E-state index contributed by atoms with van der Waals surface area (Å²) in [5.74, 6) is 0.468. The number of rotatable bonds is 18. The van der Waals surface area contributed by atoms with Gasteiger partial charge in [0.25, 0.3) is 5.91 Å². The summed E-state index contributed by atoms with van der Waals surface area (Å²) in [4.78, 5) is 22.4. The van der Waals surface area contributed by atoms with Crippen LogP contribution in [0.4, 0.5) is 15.8 Å². The number of amides is 1. The first-order valence-electron chi connectivity index (χ1n) is 13.0. The Kier molecular flexibility index (Phi) is 14.3. The molecule has 212 valence electrons. The van der Waals surface area contributed by atoms with E-state index in [4.69, 9.17) is 9.57 Å². The number of methoxy groups -OCH3 is 1. The number of carbonyl (C=O) groups excluding carboxylic acids is 1. The van der Waals surface area contributed by atoms with Crippen LogP contribution in [0.3, 0.4) is 0 Å². The van der Waals surface area contributed by atoms with Gasteiger partial charge in [-0.3, -0.25) is 19.8 Å². The molecule has 0 aliphatic carbocycles. The van der Waals surface area contributed by atoms with Gasteiger partial charge >= 0.3 is 0 Å². The molecule has 0 saturated heterocycles. The molecule has 0 aliphatic rings. The van der Waals surface area contributed by atoms with Crippen LogP contribution >= 0.6 is 23.7 Å². The average molecular weight is 567 g/mol. The van der Waals surface area contributed by atoms with Crippen molar-refractivity contribution in [2.45, 2.75) is 67.4 Å². The molecule has 0 radical (unpaired) electrons. The summed E-state index contributed by atoms with van der Waals surface area (Å²) < 4.78 is 22.0. The van der Waals surface area contributed by atoms with Crippen LogP contribution in [0.25, 0.3) is 0 Å². The molecule has 2 rings (SSSR count). The van der Waals surface area contributed by atoms with Gasteiger partial charge in [-0.2, -0.15) is 0 Å². The Labute approximate surface area is 236 Å². The molecule has 2 aromatic carbocycles. The molecular formula is C28H43FN4O3S2. The molecule has 0 spiro atoms. The van der Waals surface area contributed by atoms with Gasteiger partial charge in [-0.25, -0.2) is 4.39 Å². The van der Waals surface area contributed by atoms with Crippen molar-refractivity contribution in [3.63, 3.8) is 0 Å². The summed E-state index contributed by atoms with van der Waals surface area (Å²) in [7, 11) is 7.29. The smallest absolute Gasteiger partial charge is 0.262 e. The molecule has 3 N–H and O–H groups in total. The first-order chi connectivity index (χ1) is 18.3. The molecule has 0 fully saturated rings. The molecule has 1 unspecified atom stereocenters. The minimum absolute atomic E-state index is 0.112. The van der Waals surface area contributed by atoms with Gasteiger partial charge in [0, 0.05) is 28.7 Å². The molecule has 0 saturated carbocycles. The van der Waals surface area contributed by atoms with Gasteiger partial charge in [-0.05, 0) is 94.3 Å². The summed E-state index contributed by atoms with van der Waals surface area (Å²) in [6.45, 7) is 5.04.